The number of nitrogens with two attached hydrogens (primary N) is 1. The van der Waals surface area contributed by atoms with Crippen LogP contribution >= 0.6 is 0 Å². The van der Waals surface area contributed by atoms with E-state index in [1.807, 2.05) is 60.7 Å². The standard InChI is InChI=1S/C28H24N4O4/c29-18-5-3-4-16(10-18)13-31-14-25(33)32-22(28(31)34)12-20-19-6-1-2-7-21(19)30-26(20)27(32)17-8-9-23-24(11-17)36-15-35-23/h1-11,22,27,30H,12-15,29H2/t22-,27-/m1/s1. The van der Waals surface area contributed by atoms with E-state index in [0.717, 1.165) is 33.3 Å². The summed E-state index contributed by atoms with van der Waals surface area (Å²) in [6, 6.07) is 20.2. The highest BCUT2D eigenvalue weighted by atomic mass is 16.7. The molecule has 7 rings (SSSR count). The lowest BCUT2D eigenvalue weighted by atomic mass is 9.86. The first-order valence-electron chi connectivity index (χ1n) is 12.0. The molecule has 4 heterocycles. The number of hydrogen-bond acceptors (Lipinski definition) is 5. The van der Waals surface area contributed by atoms with E-state index in [2.05, 4.69) is 11.1 Å². The van der Waals surface area contributed by atoms with Crippen molar-refractivity contribution >= 4 is 28.4 Å². The molecular weight excluding hydrogens is 456 g/mol. The maximum Gasteiger partial charge on any atom is 0.246 e. The average molecular weight is 481 g/mol. The van der Waals surface area contributed by atoms with Crippen LogP contribution in [0, 0.1) is 0 Å². The van der Waals surface area contributed by atoms with Crippen LogP contribution in [0.3, 0.4) is 0 Å². The molecule has 3 aliphatic rings. The van der Waals surface area contributed by atoms with E-state index >= 15 is 0 Å². The Kier molecular flexibility index (Phi) is 4.51. The fourth-order valence-electron chi connectivity index (χ4n) is 5.80. The van der Waals surface area contributed by atoms with Gasteiger partial charge in [-0.05, 0) is 47.0 Å². The van der Waals surface area contributed by atoms with Gasteiger partial charge in [-0.3, -0.25) is 9.59 Å². The van der Waals surface area contributed by atoms with E-state index in [1.165, 1.54) is 0 Å². The lowest BCUT2D eigenvalue weighted by molar-refractivity contribution is -0.159. The first kappa shape index (κ1) is 20.9. The van der Waals surface area contributed by atoms with Gasteiger partial charge in [0.25, 0.3) is 0 Å². The van der Waals surface area contributed by atoms with Gasteiger partial charge in [0.2, 0.25) is 18.6 Å². The Morgan fingerprint density at radius 1 is 0.972 bits per heavy atom. The number of nitrogen functional groups attached to an aromatic ring is 1. The molecule has 4 aromatic rings. The molecule has 1 fully saturated rings. The van der Waals surface area contributed by atoms with Crippen LogP contribution in [0.1, 0.15) is 28.4 Å². The fourth-order valence-corrected chi connectivity index (χ4v) is 5.80. The SMILES string of the molecule is Nc1cccc(CN2CC(=O)N3[C@H](c4ccc5c(c4)OCO5)c4[nH]c5ccccc5c4C[C@@H]3C2=O)c1. The molecule has 2 atom stereocenters. The number of carbonyl (C=O) groups is 2. The van der Waals surface area contributed by atoms with Crippen LogP contribution in [-0.4, -0.2) is 46.0 Å². The number of hydrogen-bond donors (Lipinski definition) is 2. The number of benzene rings is 3. The summed E-state index contributed by atoms with van der Waals surface area (Å²) in [6.07, 6.45) is 0.457. The monoisotopic (exact) mass is 480 g/mol. The van der Waals surface area contributed by atoms with Crippen LogP contribution in [0.15, 0.2) is 66.7 Å². The predicted molar refractivity (Wildman–Crippen MR) is 133 cm³/mol. The maximum atomic E-state index is 13.9. The summed E-state index contributed by atoms with van der Waals surface area (Å²) < 4.78 is 11.1. The summed E-state index contributed by atoms with van der Waals surface area (Å²) in [5, 5.41) is 1.08. The number of carbonyl (C=O) groups excluding carboxylic acids is 2. The summed E-state index contributed by atoms with van der Waals surface area (Å²) in [6.45, 7) is 0.528. The molecule has 8 nitrogen and oxygen atoms in total. The first-order chi connectivity index (χ1) is 17.6. The Balaban J connectivity index is 1.34. The van der Waals surface area contributed by atoms with Gasteiger partial charge in [-0.2, -0.15) is 0 Å². The lowest BCUT2D eigenvalue weighted by Crippen LogP contribution is -2.62. The molecule has 2 amide bonds. The van der Waals surface area contributed by atoms with Gasteiger partial charge in [-0.25, -0.2) is 0 Å². The van der Waals surface area contributed by atoms with Crippen LogP contribution in [0.25, 0.3) is 10.9 Å². The molecule has 36 heavy (non-hydrogen) atoms. The van der Waals surface area contributed by atoms with E-state index < -0.39 is 12.1 Å². The van der Waals surface area contributed by atoms with Crippen LogP contribution in [0.2, 0.25) is 0 Å². The van der Waals surface area contributed by atoms with Crippen molar-refractivity contribution in [2.24, 2.45) is 0 Å². The molecule has 3 aliphatic heterocycles. The number of fused-ring (bicyclic) bond motifs is 5. The van der Waals surface area contributed by atoms with Crippen molar-refractivity contribution in [3.63, 3.8) is 0 Å². The summed E-state index contributed by atoms with van der Waals surface area (Å²) >= 11 is 0. The van der Waals surface area contributed by atoms with Gasteiger partial charge < -0.3 is 30.0 Å². The minimum Gasteiger partial charge on any atom is -0.454 e. The number of ether oxygens (including phenoxy) is 2. The molecule has 8 heteroatoms. The van der Waals surface area contributed by atoms with Crippen LogP contribution in [0.5, 0.6) is 11.5 Å². The van der Waals surface area contributed by atoms with Crippen molar-refractivity contribution in [1.29, 1.82) is 0 Å². The second kappa shape index (κ2) is 7.78. The highest BCUT2D eigenvalue weighted by molar-refractivity contribution is 5.97. The first-order valence-corrected chi connectivity index (χ1v) is 12.0. The third-order valence-corrected chi connectivity index (χ3v) is 7.38. The second-order valence-corrected chi connectivity index (χ2v) is 9.54. The number of nitrogens with one attached hydrogen (secondary N) is 1. The van der Waals surface area contributed by atoms with Gasteiger partial charge in [0.05, 0.1) is 6.04 Å². The predicted octanol–water partition coefficient (Wildman–Crippen LogP) is 3.36. The normalized spacial score (nSPS) is 20.6. The van der Waals surface area contributed by atoms with Gasteiger partial charge >= 0.3 is 0 Å². The summed E-state index contributed by atoms with van der Waals surface area (Å²) in [5.41, 5.74) is 11.4. The van der Waals surface area contributed by atoms with Gasteiger partial charge in [-0.1, -0.05) is 36.4 Å². The summed E-state index contributed by atoms with van der Waals surface area (Å²) in [4.78, 5) is 34.6. The molecule has 180 valence electrons. The number of piperazine rings is 1. The van der Waals surface area contributed by atoms with E-state index in [-0.39, 0.29) is 25.2 Å². The Morgan fingerprint density at radius 3 is 2.72 bits per heavy atom. The Labute approximate surface area is 207 Å². The van der Waals surface area contributed by atoms with Crippen molar-refractivity contribution in [2.75, 3.05) is 19.1 Å². The zero-order valence-electron chi connectivity index (χ0n) is 19.4. The van der Waals surface area contributed by atoms with Crippen molar-refractivity contribution < 1.29 is 19.1 Å². The number of H-pyrrole nitrogens is 1. The number of amides is 2. The molecule has 0 spiro atoms. The Hall–Kier alpha value is -4.46. The van der Waals surface area contributed by atoms with E-state index in [9.17, 15) is 9.59 Å². The van der Waals surface area contributed by atoms with Crippen molar-refractivity contribution in [2.45, 2.75) is 25.0 Å². The zero-order chi connectivity index (χ0) is 24.4. The maximum absolute atomic E-state index is 13.9. The average Bonchev–Trinajstić information content (AvgIpc) is 3.50. The number of aromatic nitrogens is 1. The van der Waals surface area contributed by atoms with Gasteiger partial charge in [-0.15, -0.1) is 0 Å². The topological polar surface area (TPSA) is 101 Å². The summed E-state index contributed by atoms with van der Waals surface area (Å²) in [5.74, 6) is 1.18. The molecule has 1 aromatic heterocycles. The number of aromatic amines is 1. The van der Waals surface area contributed by atoms with Crippen LogP contribution in [-0.2, 0) is 22.6 Å². The molecule has 0 saturated carbocycles. The Morgan fingerprint density at radius 2 is 1.83 bits per heavy atom. The van der Waals surface area contributed by atoms with E-state index in [0.29, 0.717) is 30.2 Å². The molecule has 0 aliphatic carbocycles. The third-order valence-electron chi connectivity index (χ3n) is 7.38. The summed E-state index contributed by atoms with van der Waals surface area (Å²) in [7, 11) is 0. The zero-order valence-corrected chi connectivity index (χ0v) is 19.4. The van der Waals surface area contributed by atoms with Gasteiger partial charge in [0.15, 0.2) is 11.5 Å². The Bertz CT molecular complexity index is 1540. The molecule has 3 aromatic carbocycles. The fraction of sp³-hybridized carbons (Fsp3) is 0.214. The number of anilines is 1. The number of nitrogens with zero attached hydrogens (tertiary/aromatic N) is 2. The molecule has 1 saturated heterocycles. The third kappa shape index (κ3) is 3.14. The van der Waals surface area contributed by atoms with Crippen molar-refractivity contribution in [3.05, 3.63) is 89.1 Å². The van der Waals surface area contributed by atoms with E-state index in [4.69, 9.17) is 15.2 Å². The van der Waals surface area contributed by atoms with Crippen LogP contribution < -0.4 is 15.2 Å². The van der Waals surface area contributed by atoms with Gasteiger partial charge in [0, 0.05) is 35.2 Å². The number of para-hydroxylation sites is 1. The molecule has 0 unspecified atom stereocenters. The molecular formula is C28H24N4O4. The lowest BCUT2D eigenvalue weighted by Gasteiger charge is -2.47. The van der Waals surface area contributed by atoms with E-state index in [1.54, 1.807) is 9.80 Å². The van der Waals surface area contributed by atoms with Gasteiger partial charge in [0.1, 0.15) is 12.6 Å². The molecule has 3 N–H and O–H groups in total. The minimum absolute atomic E-state index is 0.0146. The second-order valence-electron chi connectivity index (χ2n) is 9.54. The van der Waals surface area contributed by atoms with Crippen molar-refractivity contribution in [3.8, 4) is 11.5 Å². The van der Waals surface area contributed by atoms with Crippen molar-refractivity contribution in [1.82, 2.24) is 14.8 Å². The smallest absolute Gasteiger partial charge is 0.246 e. The minimum atomic E-state index is -0.602. The number of rotatable bonds is 3. The highest BCUT2D eigenvalue weighted by Gasteiger charge is 2.48. The van der Waals surface area contributed by atoms with Crippen LogP contribution in [0.4, 0.5) is 5.69 Å². The highest BCUT2D eigenvalue weighted by Crippen LogP contribution is 2.45. The molecule has 0 radical (unpaired) electrons. The molecule has 0 bridgehead atoms. The largest absolute Gasteiger partial charge is 0.454 e. The quantitative estimate of drug-likeness (QED) is 0.438.